The number of aromatic nitrogens is 1. The van der Waals surface area contributed by atoms with Crippen LogP contribution in [0.15, 0.2) is 42.6 Å². The molecular formula is C18H15NO3S. The second-order valence-electron chi connectivity index (χ2n) is 4.85. The van der Waals surface area contributed by atoms with Crippen LogP contribution in [0, 0.1) is 0 Å². The van der Waals surface area contributed by atoms with Gasteiger partial charge < -0.3 is 9.84 Å². The lowest BCUT2D eigenvalue weighted by Crippen LogP contribution is -2.06. The minimum atomic E-state index is -0.610. The first-order valence-electron chi connectivity index (χ1n) is 7.21. The molecule has 3 aromatic rings. The molecule has 1 aromatic carbocycles. The van der Waals surface area contributed by atoms with Crippen molar-refractivity contribution >= 4 is 39.5 Å². The van der Waals surface area contributed by atoms with Crippen molar-refractivity contribution in [2.24, 2.45) is 0 Å². The standard InChI is InChI=1S/C18H15NO3S/c1-2-22-18(21)15-16(20)17-13(11-19-15)10-14(23-17)9-8-12-6-4-3-5-7-12/h3-11,20H,2H2,1H3/b9-8+. The number of hydrogen-bond donors (Lipinski definition) is 1. The van der Waals surface area contributed by atoms with Crippen molar-refractivity contribution in [3.63, 3.8) is 0 Å². The van der Waals surface area contributed by atoms with Crippen LogP contribution < -0.4 is 0 Å². The van der Waals surface area contributed by atoms with Crippen molar-refractivity contribution in [2.75, 3.05) is 6.61 Å². The van der Waals surface area contributed by atoms with Crippen LogP contribution in [-0.2, 0) is 4.74 Å². The third-order valence-corrected chi connectivity index (χ3v) is 4.38. The molecule has 23 heavy (non-hydrogen) atoms. The summed E-state index contributed by atoms with van der Waals surface area (Å²) in [7, 11) is 0. The van der Waals surface area contributed by atoms with Gasteiger partial charge in [0.25, 0.3) is 0 Å². The lowest BCUT2D eigenvalue weighted by atomic mass is 10.2. The highest BCUT2D eigenvalue weighted by molar-refractivity contribution is 7.20. The molecule has 0 aliphatic heterocycles. The summed E-state index contributed by atoms with van der Waals surface area (Å²) >= 11 is 1.41. The zero-order valence-electron chi connectivity index (χ0n) is 12.5. The zero-order valence-corrected chi connectivity index (χ0v) is 13.3. The molecule has 0 saturated heterocycles. The molecule has 1 N–H and O–H groups in total. The monoisotopic (exact) mass is 325 g/mol. The van der Waals surface area contributed by atoms with Crippen LogP contribution in [0.3, 0.4) is 0 Å². The van der Waals surface area contributed by atoms with Crippen LogP contribution in [0.25, 0.3) is 22.2 Å². The summed E-state index contributed by atoms with van der Waals surface area (Å²) in [6, 6.07) is 11.9. The van der Waals surface area contributed by atoms with Crippen LogP contribution >= 0.6 is 11.3 Å². The second kappa shape index (κ2) is 6.62. The van der Waals surface area contributed by atoms with Gasteiger partial charge in [0.2, 0.25) is 0 Å². The van der Waals surface area contributed by atoms with Gasteiger partial charge >= 0.3 is 5.97 Å². The summed E-state index contributed by atoms with van der Waals surface area (Å²) in [5.74, 6) is -0.730. The van der Waals surface area contributed by atoms with E-state index in [9.17, 15) is 9.90 Å². The molecule has 0 bridgehead atoms. The Hall–Kier alpha value is -2.66. The van der Waals surface area contributed by atoms with E-state index >= 15 is 0 Å². The van der Waals surface area contributed by atoms with Crippen molar-refractivity contribution in [2.45, 2.75) is 6.92 Å². The quantitative estimate of drug-likeness (QED) is 0.725. The van der Waals surface area contributed by atoms with E-state index in [0.717, 1.165) is 15.8 Å². The number of carbonyl (C=O) groups excluding carboxylic acids is 1. The summed E-state index contributed by atoms with van der Waals surface area (Å²) < 4.78 is 5.53. The minimum absolute atomic E-state index is 0.0419. The molecule has 0 saturated carbocycles. The predicted octanol–water partition coefficient (Wildman–Crippen LogP) is 4.35. The number of hydrogen-bond acceptors (Lipinski definition) is 5. The topological polar surface area (TPSA) is 59.4 Å². The molecule has 5 heteroatoms. The molecule has 116 valence electrons. The van der Waals surface area contributed by atoms with Crippen LogP contribution in [0.4, 0.5) is 0 Å². The Morgan fingerprint density at radius 1 is 1.30 bits per heavy atom. The molecule has 0 amide bonds. The Morgan fingerprint density at radius 2 is 2.09 bits per heavy atom. The number of ether oxygens (including phenoxy) is 1. The van der Waals surface area contributed by atoms with Crippen molar-refractivity contribution in [3.8, 4) is 5.75 Å². The van der Waals surface area contributed by atoms with Crippen LogP contribution in [-0.4, -0.2) is 22.7 Å². The van der Waals surface area contributed by atoms with E-state index in [-0.39, 0.29) is 18.1 Å². The maximum atomic E-state index is 11.8. The van der Waals surface area contributed by atoms with Crippen molar-refractivity contribution in [3.05, 3.63) is 58.7 Å². The molecule has 0 atom stereocenters. The van der Waals surface area contributed by atoms with Crippen molar-refractivity contribution < 1.29 is 14.6 Å². The van der Waals surface area contributed by atoms with Gasteiger partial charge in [0.05, 0.1) is 11.3 Å². The SMILES string of the molecule is CCOC(=O)c1ncc2cc(/C=C/c3ccccc3)sc2c1O. The molecule has 0 aliphatic carbocycles. The largest absolute Gasteiger partial charge is 0.504 e. The number of rotatable bonds is 4. The van der Waals surface area contributed by atoms with Gasteiger partial charge in [0.15, 0.2) is 11.4 Å². The average molecular weight is 325 g/mol. The van der Waals surface area contributed by atoms with Crippen LogP contribution in [0.5, 0.6) is 5.75 Å². The summed E-state index contributed by atoms with van der Waals surface area (Å²) in [6.45, 7) is 1.96. The number of thiophene rings is 1. The summed E-state index contributed by atoms with van der Waals surface area (Å²) in [4.78, 5) is 16.8. The molecule has 0 radical (unpaired) electrons. The highest BCUT2D eigenvalue weighted by atomic mass is 32.1. The smallest absolute Gasteiger partial charge is 0.360 e. The van der Waals surface area contributed by atoms with Gasteiger partial charge in [0.1, 0.15) is 0 Å². The Labute approximate surface area is 137 Å². The number of fused-ring (bicyclic) bond motifs is 1. The fraction of sp³-hybridized carbons (Fsp3) is 0.111. The Balaban J connectivity index is 1.94. The second-order valence-corrected chi connectivity index (χ2v) is 5.94. The maximum absolute atomic E-state index is 11.8. The molecular weight excluding hydrogens is 310 g/mol. The fourth-order valence-corrected chi connectivity index (χ4v) is 3.16. The van der Waals surface area contributed by atoms with E-state index in [1.54, 1.807) is 13.1 Å². The van der Waals surface area contributed by atoms with Gasteiger partial charge in [-0.1, -0.05) is 36.4 Å². The first-order valence-corrected chi connectivity index (χ1v) is 8.02. The number of benzene rings is 1. The number of carbonyl (C=O) groups is 1. The van der Waals surface area contributed by atoms with E-state index in [1.165, 1.54) is 11.3 Å². The average Bonchev–Trinajstić information content (AvgIpc) is 2.98. The molecule has 0 unspecified atom stereocenters. The van der Waals surface area contributed by atoms with Gasteiger partial charge in [-0.15, -0.1) is 11.3 Å². The summed E-state index contributed by atoms with van der Waals surface area (Å²) in [5.41, 5.74) is 1.05. The van der Waals surface area contributed by atoms with E-state index < -0.39 is 5.97 Å². The van der Waals surface area contributed by atoms with Gasteiger partial charge in [-0.05, 0) is 24.6 Å². The molecule has 0 fully saturated rings. The Bertz CT molecular complexity index is 869. The third kappa shape index (κ3) is 3.24. The molecule has 4 nitrogen and oxygen atoms in total. The third-order valence-electron chi connectivity index (χ3n) is 3.26. The van der Waals surface area contributed by atoms with E-state index in [0.29, 0.717) is 4.70 Å². The van der Waals surface area contributed by atoms with Gasteiger partial charge in [-0.3, -0.25) is 0 Å². The highest BCUT2D eigenvalue weighted by Gasteiger charge is 2.18. The zero-order chi connectivity index (χ0) is 16.2. The molecule has 2 heterocycles. The van der Waals surface area contributed by atoms with E-state index in [4.69, 9.17) is 4.74 Å². The van der Waals surface area contributed by atoms with Crippen molar-refractivity contribution in [1.82, 2.24) is 4.98 Å². The van der Waals surface area contributed by atoms with E-state index in [2.05, 4.69) is 4.98 Å². The Morgan fingerprint density at radius 3 is 2.83 bits per heavy atom. The first kappa shape index (κ1) is 15.2. The van der Waals surface area contributed by atoms with Gasteiger partial charge in [-0.25, -0.2) is 9.78 Å². The van der Waals surface area contributed by atoms with Gasteiger partial charge in [-0.2, -0.15) is 0 Å². The number of nitrogens with zero attached hydrogens (tertiary/aromatic N) is 1. The molecule has 0 spiro atoms. The summed E-state index contributed by atoms with van der Waals surface area (Å²) in [5, 5.41) is 11.1. The normalized spacial score (nSPS) is 11.2. The summed E-state index contributed by atoms with van der Waals surface area (Å²) in [6.07, 6.45) is 5.56. The maximum Gasteiger partial charge on any atom is 0.360 e. The van der Waals surface area contributed by atoms with Crippen LogP contribution in [0.1, 0.15) is 27.9 Å². The first-order chi connectivity index (χ1) is 11.2. The van der Waals surface area contributed by atoms with Crippen molar-refractivity contribution in [1.29, 1.82) is 0 Å². The fourth-order valence-electron chi connectivity index (χ4n) is 2.18. The lowest BCUT2D eigenvalue weighted by Gasteiger charge is -2.03. The van der Waals surface area contributed by atoms with Gasteiger partial charge in [0, 0.05) is 16.5 Å². The Kier molecular flexibility index (Phi) is 4.39. The number of aromatic hydroxyl groups is 1. The lowest BCUT2D eigenvalue weighted by molar-refractivity contribution is 0.0516. The minimum Gasteiger partial charge on any atom is -0.504 e. The highest BCUT2D eigenvalue weighted by Crippen LogP contribution is 2.35. The predicted molar refractivity (Wildman–Crippen MR) is 92.6 cm³/mol. The number of esters is 1. The molecule has 3 rings (SSSR count). The molecule has 0 aliphatic rings. The molecule has 2 aromatic heterocycles. The van der Waals surface area contributed by atoms with Crippen LogP contribution in [0.2, 0.25) is 0 Å². The van der Waals surface area contributed by atoms with E-state index in [1.807, 2.05) is 48.6 Å². The number of pyridine rings is 1.